The Balaban J connectivity index is 1.25. The van der Waals surface area contributed by atoms with Crippen molar-refractivity contribution in [2.24, 2.45) is 23.7 Å². The number of benzene rings is 3. The number of carbonyl (C=O) groups excluding carboxylic acids is 5. The molecule has 3 amide bonds. The number of esters is 1. The number of aryl methyl sites for hydroxylation is 1. The highest BCUT2D eigenvalue weighted by Gasteiger charge is 2.61. The topological polar surface area (TPSA) is 101 Å². The van der Waals surface area contributed by atoms with Gasteiger partial charge in [0, 0.05) is 10.6 Å². The first kappa shape index (κ1) is 27.9. The van der Waals surface area contributed by atoms with E-state index in [9.17, 15) is 24.0 Å². The highest BCUT2D eigenvalue weighted by Crippen LogP contribution is 2.52. The second-order valence-corrected chi connectivity index (χ2v) is 11.5. The van der Waals surface area contributed by atoms with Crippen molar-refractivity contribution >= 4 is 52.7 Å². The van der Waals surface area contributed by atoms with Gasteiger partial charge in [-0.1, -0.05) is 53.1 Å². The van der Waals surface area contributed by atoms with Gasteiger partial charge < -0.3 is 4.74 Å². The molecule has 1 saturated heterocycles. The van der Waals surface area contributed by atoms with Crippen LogP contribution in [0.1, 0.15) is 43.1 Å². The van der Waals surface area contributed by atoms with Crippen molar-refractivity contribution in [2.45, 2.75) is 13.3 Å². The first-order valence-corrected chi connectivity index (χ1v) is 14.1. The van der Waals surface area contributed by atoms with Gasteiger partial charge in [-0.2, -0.15) is 5.01 Å². The van der Waals surface area contributed by atoms with Crippen molar-refractivity contribution in [3.8, 4) is 5.75 Å². The lowest BCUT2D eigenvalue weighted by atomic mass is 9.85. The van der Waals surface area contributed by atoms with Crippen molar-refractivity contribution in [1.29, 1.82) is 0 Å². The number of ether oxygens (including phenoxy) is 1. The van der Waals surface area contributed by atoms with Crippen LogP contribution in [0.2, 0.25) is 10.0 Å². The maximum atomic E-state index is 13.8. The number of hydrogen-bond acceptors (Lipinski definition) is 6. The molecule has 4 atom stereocenters. The van der Waals surface area contributed by atoms with Crippen LogP contribution in [0.3, 0.4) is 0 Å². The number of hydrogen-bond donors (Lipinski definition) is 0. The van der Waals surface area contributed by atoms with Crippen molar-refractivity contribution in [2.75, 3.05) is 6.54 Å². The summed E-state index contributed by atoms with van der Waals surface area (Å²) in [5.41, 5.74) is 1.56. The molecule has 1 heterocycles. The number of imide groups is 1. The standard InChI is InChI=1S/C32H24Cl2N2O6/c1-17-2-4-19(5-3-17)32(41)42-23-11-8-18(9-12-23)26(37)16-35(29(38)24-13-10-22(33)15-25(24)34)36-30(39)27-20-6-7-21(14-20)28(27)31(36)40/h2-13,15,20-21,27-28H,14,16H2,1H3/t20-,21-,27-,28-/m0/s1. The highest BCUT2D eigenvalue weighted by molar-refractivity contribution is 6.36. The second kappa shape index (κ2) is 10.9. The molecule has 3 aromatic carbocycles. The number of allylic oxidation sites excluding steroid dienone is 2. The molecular formula is C32H24Cl2N2O6. The Morgan fingerprint density at radius 1 is 0.857 bits per heavy atom. The predicted octanol–water partition coefficient (Wildman–Crippen LogP) is 5.57. The molecule has 0 N–H and O–H groups in total. The van der Waals surface area contributed by atoms with E-state index in [0.717, 1.165) is 22.0 Å². The summed E-state index contributed by atoms with van der Waals surface area (Å²) >= 11 is 12.3. The van der Waals surface area contributed by atoms with Gasteiger partial charge in [-0.25, -0.2) is 9.80 Å². The van der Waals surface area contributed by atoms with Gasteiger partial charge in [-0.05, 0) is 79.8 Å². The third-order valence-corrected chi connectivity index (χ3v) is 8.60. The lowest BCUT2D eigenvalue weighted by Crippen LogP contribution is -2.52. The Morgan fingerprint density at radius 2 is 1.45 bits per heavy atom. The first-order chi connectivity index (χ1) is 20.1. The van der Waals surface area contributed by atoms with Crippen LogP contribution in [-0.4, -0.2) is 46.0 Å². The van der Waals surface area contributed by atoms with Crippen molar-refractivity contribution in [1.82, 2.24) is 10.0 Å². The maximum Gasteiger partial charge on any atom is 0.343 e. The van der Waals surface area contributed by atoms with E-state index in [-0.39, 0.29) is 33.7 Å². The van der Waals surface area contributed by atoms with Gasteiger partial charge in [0.1, 0.15) is 12.3 Å². The van der Waals surface area contributed by atoms with Crippen LogP contribution in [0, 0.1) is 30.6 Å². The Kier molecular flexibility index (Phi) is 7.20. The summed E-state index contributed by atoms with van der Waals surface area (Å²) in [5, 5.41) is 2.02. The number of halogens is 2. The van der Waals surface area contributed by atoms with E-state index in [1.165, 1.54) is 42.5 Å². The summed E-state index contributed by atoms with van der Waals surface area (Å²) in [4.78, 5) is 66.8. The fourth-order valence-electron chi connectivity index (χ4n) is 5.95. The molecule has 0 spiro atoms. The van der Waals surface area contributed by atoms with Gasteiger partial charge in [0.25, 0.3) is 17.7 Å². The molecule has 1 aliphatic heterocycles. The summed E-state index contributed by atoms with van der Waals surface area (Å²) in [6, 6.07) is 17.0. The Morgan fingerprint density at radius 3 is 2.05 bits per heavy atom. The average molecular weight is 603 g/mol. The molecule has 2 bridgehead atoms. The molecule has 0 unspecified atom stereocenters. The lowest BCUT2D eigenvalue weighted by Gasteiger charge is -2.31. The van der Waals surface area contributed by atoms with Gasteiger partial charge in [0.05, 0.1) is 28.0 Å². The smallest absolute Gasteiger partial charge is 0.343 e. The van der Waals surface area contributed by atoms with Crippen LogP contribution in [-0.2, 0) is 9.59 Å². The number of amides is 3. The number of nitrogens with zero attached hydrogens (tertiary/aromatic N) is 2. The van der Waals surface area contributed by atoms with E-state index < -0.39 is 47.9 Å². The minimum absolute atomic E-state index is 0.00834. The van der Waals surface area contributed by atoms with Gasteiger partial charge >= 0.3 is 5.97 Å². The maximum absolute atomic E-state index is 13.8. The predicted molar refractivity (Wildman–Crippen MR) is 154 cm³/mol. The number of hydrazine groups is 1. The third kappa shape index (κ3) is 4.91. The molecule has 3 aliphatic rings. The van der Waals surface area contributed by atoms with Crippen LogP contribution in [0.4, 0.5) is 0 Å². The number of Topliss-reactive ketones (excluding diaryl/α,β-unsaturated/α-hetero) is 1. The quantitative estimate of drug-likeness (QED) is 0.115. The molecule has 0 radical (unpaired) electrons. The number of fused-ring (bicyclic) bond motifs is 5. The summed E-state index contributed by atoms with van der Waals surface area (Å²) in [7, 11) is 0. The molecule has 6 rings (SSSR count). The molecule has 2 aliphatic carbocycles. The van der Waals surface area contributed by atoms with E-state index in [1.807, 2.05) is 19.1 Å². The third-order valence-electron chi connectivity index (χ3n) is 8.05. The van der Waals surface area contributed by atoms with E-state index >= 15 is 0 Å². The molecule has 8 nitrogen and oxygen atoms in total. The first-order valence-electron chi connectivity index (χ1n) is 13.4. The van der Waals surface area contributed by atoms with Crippen LogP contribution in [0.15, 0.2) is 78.9 Å². The Bertz CT molecular complexity index is 1640. The fraction of sp³-hybridized carbons (Fsp3) is 0.219. The summed E-state index contributed by atoms with van der Waals surface area (Å²) in [6.07, 6.45) is 4.61. The Hall–Kier alpha value is -4.27. The van der Waals surface area contributed by atoms with Crippen LogP contribution < -0.4 is 4.74 Å². The van der Waals surface area contributed by atoms with Crippen molar-refractivity contribution in [3.63, 3.8) is 0 Å². The van der Waals surface area contributed by atoms with Gasteiger partial charge in [0.2, 0.25) is 0 Å². The molecule has 212 valence electrons. The Labute approximate surface area is 251 Å². The summed E-state index contributed by atoms with van der Waals surface area (Å²) < 4.78 is 5.41. The van der Waals surface area contributed by atoms with Crippen LogP contribution in [0.5, 0.6) is 5.75 Å². The SMILES string of the molecule is Cc1ccc(C(=O)Oc2ccc(C(=O)CN(C(=O)c3ccc(Cl)cc3Cl)N3C(=O)[C@@H]4[C@@H](C3=O)[C@H]3C=C[C@H]4C3)cc2)cc1. The molecule has 42 heavy (non-hydrogen) atoms. The normalized spacial score (nSPS) is 21.9. The van der Waals surface area contributed by atoms with Gasteiger partial charge in [-0.15, -0.1) is 0 Å². The summed E-state index contributed by atoms with van der Waals surface area (Å²) in [6.45, 7) is 1.31. The largest absolute Gasteiger partial charge is 0.423 e. The van der Waals surface area contributed by atoms with E-state index in [4.69, 9.17) is 27.9 Å². The van der Waals surface area contributed by atoms with Crippen LogP contribution in [0.25, 0.3) is 0 Å². The minimum Gasteiger partial charge on any atom is -0.423 e. The zero-order chi connectivity index (χ0) is 29.7. The monoisotopic (exact) mass is 602 g/mol. The molecule has 2 fully saturated rings. The fourth-order valence-corrected chi connectivity index (χ4v) is 6.44. The average Bonchev–Trinajstić information content (AvgIpc) is 3.66. The second-order valence-electron chi connectivity index (χ2n) is 10.7. The zero-order valence-corrected chi connectivity index (χ0v) is 23.8. The summed E-state index contributed by atoms with van der Waals surface area (Å²) in [5.74, 6) is -3.96. The van der Waals surface area contributed by atoms with E-state index in [2.05, 4.69) is 0 Å². The molecule has 0 aromatic heterocycles. The number of ketones is 1. The zero-order valence-electron chi connectivity index (χ0n) is 22.3. The molecule has 10 heteroatoms. The van der Waals surface area contributed by atoms with Crippen molar-refractivity contribution < 1.29 is 28.7 Å². The number of carbonyl (C=O) groups is 5. The number of rotatable bonds is 7. The van der Waals surface area contributed by atoms with E-state index in [0.29, 0.717) is 10.6 Å². The molecular weight excluding hydrogens is 579 g/mol. The molecule has 3 aromatic rings. The highest BCUT2D eigenvalue weighted by atomic mass is 35.5. The van der Waals surface area contributed by atoms with Crippen molar-refractivity contribution in [3.05, 3.63) is 111 Å². The van der Waals surface area contributed by atoms with Gasteiger partial charge in [-0.3, -0.25) is 19.2 Å². The van der Waals surface area contributed by atoms with Crippen LogP contribution >= 0.6 is 23.2 Å². The lowest BCUT2D eigenvalue weighted by molar-refractivity contribution is -0.154. The van der Waals surface area contributed by atoms with Gasteiger partial charge in [0.15, 0.2) is 5.78 Å². The minimum atomic E-state index is -0.782. The van der Waals surface area contributed by atoms with E-state index in [1.54, 1.807) is 24.3 Å². The molecule has 1 saturated carbocycles.